The lowest BCUT2D eigenvalue weighted by Gasteiger charge is -2.31. The lowest BCUT2D eigenvalue weighted by atomic mass is 10.1. The van der Waals surface area contributed by atoms with Gasteiger partial charge in [-0.1, -0.05) is 30.1 Å². The van der Waals surface area contributed by atoms with Crippen LogP contribution in [0.25, 0.3) is 5.52 Å². The van der Waals surface area contributed by atoms with Crippen molar-refractivity contribution in [1.82, 2.24) is 19.6 Å². The number of hydrogen-bond donors (Lipinski definition) is 2. The summed E-state index contributed by atoms with van der Waals surface area (Å²) in [5.41, 5.74) is 6.08. The summed E-state index contributed by atoms with van der Waals surface area (Å²) in [5.74, 6) is -0.0474. The second-order valence-corrected chi connectivity index (χ2v) is 6.46. The molecule has 6 nitrogen and oxygen atoms in total. The predicted octanol–water partition coefficient (Wildman–Crippen LogP) is 3.56. The second kappa shape index (κ2) is 5.18. The van der Waals surface area contributed by atoms with Gasteiger partial charge in [-0.15, -0.1) is 0 Å². The van der Waals surface area contributed by atoms with E-state index in [2.05, 4.69) is 15.5 Å². The number of H-pyrrole nitrogens is 1. The van der Waals surface area contributed by atoms with Gasteiger partial charge in [0.1, 0.15) is 5.15 Å². The van der Waals surface area contributed by atoms with Crippen molar-refractivity contribution in [2.24, 2.45) is 0 Å². The van der Waals surface area contributed by atoms with E-state index < -0.39 is 0 Å². The number of hydrogen-bond acceptors (Lipinski definition) is 3. The summed E-state index contributed by atoms with van der Waals surface area (Å²) in [6.07, 6.45) is 1.67. The number of rotatable bonds is 1. The summed E-state index contributed by atoms with van der Waals surface area (Å²) < 4.78 is 1.60. The van der Waals surface area contributed by atoms with Crippen LogP contribution in [0.15, 0.2) is 30.5 Å². The fourth-order valence-corrected chi connectivity index (χ4v) is 3.18. The normalized spacial score (nSPS) is 17.2. The molecule has 118 valence electrons. The van der Waals surface area contributed by atoms with Gasteiger partial charge >= 0.3 is 0 Å². The third-order valence-electron chi connectivity index (χ3n) is 3.91. The Morgan fingerprint density at radius 2 is 2.17 bits per heavy atom. The Labute approximate surface area is 142 Å². The molecule has 0 fully saturated rings. The Hall–Kier alpha value is -2.18. The highest BCUT2D eigenvalue weighted by Gasteiger charge is 2.29. The SMILES string of the molecule is CC1CN(C(=O)c2cc3ccc(Cl)cn3n2)Nc2cc(Cl)[nH]c21. The summed E-state index contributed by atoms with van der Waals surface area (Å²) in [5, 5.41) is 6.97. The van der Waals surface area contributed by atoms with E-state index in [1.165, 1.54) is 0 Å². The number of hydrazine groups is 1. The summed E-state index contributed by atoms with van der Waals surface area (Å²) in [7, 11) is 0. The first-order chi connectivity index (χ1) is 11.0. The molecule has 2 N–H and O–H groups in total. The minimum Gasteiger partial charge on any atom is -0.347 e. The van der Waals surface area contributed by atoms with E-state index in [0.717, 1.165) is 16.9 Å². The topological polar surface area (TPSA) is 65.4 Å². The molecule has 0 radical (unpaired) electrons. The molecular weight excluding hydrogens is 337 g/mol. The van der Waals surface area contributed by atoms with E-state index in [9.17, 15) is 4.79 Å². The molecular formula is C15H13Cl2N5O. The molecule has 23 heavy (non-hydrogen) atoms. The average Bonchev–Trinajstić information content (AvgIpc) is 3.08. The van der Waals surface area contributed by atoms with Crippen molar-refractivity contribution in [3.8, 4) is 0 Å². The van der Waals surface area contributed by atoms with E-state index in [1.807, 2.05) is 13.0 Å². The van der Waals surface area contributed by atoms with Gasteiger partial charge in [0, 0.05) is 23.9 Å². The van der Waals surface area contributed by atoms with Crippen LogP contribution in [0, 0.1) is 0 Å². The molecule has 4 rings (SSSR count). The maximum absolute atomic E-state index is 12.7. The standard InChI is InChI=1S/C15H13Cl2N5O/c1-8-6-22(19-11-5-13(17)18-14(8)11)15(23)12-4-10-3-2-9(16)7-21(10)20-12/h2-5,7-8,18-19H,6H2,1H3. The number of nitrogens with one attached hydrogen (secondary N) is 2. The molecule has 1 unspecified atom stereocenters. The van der Waals surface area contributed by atoms with Crippen molar-refractivity contribution in [3.63, 3.8) is 0 Å². The Kier molecular flexibility index (Phi) is 3.25. The average molecular weight is 350 g/mol. The molecule has 3 aromatic heterocycles. The van der Waals surface area contributed by atoms with Gasteiger partial charge in [0.15, 0.2) is 5.69 Å². The number of aromatic nitrogens is 3. The van der Waals surface area contributed by atoms with Crippen molar-refractivity contribution in [2.45, 2.75) is 12.8 Å². The molecule has 0 spiro atoms. The van der Waals surface area contributed by atoms with E-state index >= 15 is 0 Å². The van der Waals surface area contributed by atoms with Crippen LogP contribution in [0.5, 0.6) is 0 Å². The second-order valence-electron chi connectivity index (χ2n) is 5.62. The number of fused-ring (bicyclic) bond motifs is 2. The first kappa shape index (κ1) is 14.4. The molecule has 0 saturated heterocycles. The van der Waals surface area contributed by atoms with Gasteiger partial charge in [-0.25, -0.2) is 4.52 Å². The van der Waals surface area contributed by atoms with Crippen LogP contribution >= 0.6 is 23.2 Å². The smallest absolute Gasteiger partial charge is 0.292 e. The number of carbonyl (C=O) groups is 1. The Balaban J connectivity index is 1.66. The van der Waals surface area contributed by atoms with Gasteiger partial charge in [0.05, 0.1) is 22.8 Å². The molecule has 0 aliphatic carbocycles. The lowest BCUT2D eigenvalue weighted by molar-refractivity contribution is 0.0773. The van der Waals surface area contributed by atoms with Crippen molar-refractivity contribution >= 4 is 40.3 Å². The van der Waals surface area contributed by atoms with Crippen LogP contribution in [0.3, 0.4) is 0 Å². The van der Waals surface area contributed by atoms with Crippen molar-refractivity contribution < 1.29 is 4.79 Å². The molecule has 0 bridgehead atoms. The number of nitrogens with zero attached hydrogens (tertiary/aromatic N) is 3. The highest BCUT2D eigenvalue weighted by molar-refractivity contribution is 6.30. The van der Waals surface area contributed by atoms with Crippen molar-refractivity contribution in [3.05, 3.63) is 52.0 Å². The molecule has 1 aliphatic rings. The number of carbonyl (C=O) groups excluding carboxylic acids is 1. The maximum atomic E-state index is 12.7. The first-order valence-corrected chi connectivity index (χ1v) is 7.89. The van der Waals surface area contributed by atoms with Gasteiger partial charge < -0.3 is 4.98 Å². The zero-order valence-electron chi connectivity index (χ0n) is 12.2. The van der Waals surface area contributed by atoms with Crippen LogP contribution in [-0.4, -0.2) is 32.1 Å². The minimum atomic E-state index is -0.195. The molecule has 1 aliphatic heterocycles. The molecule has 0 aromatic carbocycles. The van der Waals surface area contributed by atoms with Crippen molar-refractivity contribution in [1.29, 1.82) is 0 Å². The van der Waals surface area contributed by atoms with Crippen LogP contribution in [0.1, 0.15) is 29.0 Å². The highest BCUT2D eigenvalue weighted by atomic mass is 35.5. The molecule has 8 heteroatoms. The zero-order valence-corrected chi connectivity index (χ0v) is 13.7. The fourth-order valence-electron chi connectivity index (χ4n) is 2.81. The van der Waals surface area contributed by atoms with E-state index in [-0.39, 0.29) is 11.8 Å². The van der Waals surface area contributed by atoms with Gasteiger partial charge in [-0.2, -0.15) is 5.10 Å². The maximum Gasteiger partial charge on any atom is 0.292 e. The number of amides is 1. The predicted molar refractivity (Wildman–Crippen MR) is 89.1 cm³/mol. The molecule has 4 heterocycles. The lowest BCUT2D eigenvalue weighted by Crippen LogP contribution is -2.42. The van der Waals surface area contributed by atoms with E-state index in [4.69, 9.17) is 23.2 Å². The van der Waals surface area contributed by atoms with Crippen LogP contribution in [0.2, 0.25) is 10.2 Å². The molecule has 3 aromatic rings. The number of aromatic amines is 1. The van der Waals surface area contributed by atoms with E-state index in [1.54, 1.807) is 33.9 Å². The van der Waals surface area contributed by atoms with Gasteiger partial charge in [0.25, 0.3) is 5.91 Å². The summed E-state index contributed by atoms with van der Waals surface area (Å²) in [4.78, 5) is 15.8. The van der Waals surface area contributed by atoms with Gasteiger partial charge in [0.2, 0.25) is 0 Å². The Bertz CT molecular complexity index is 916. The third kappa shape index (κ3) is 2.44. The monoisotopic (exact) mass is 349 g/mol. The summed E-state index contributed by atoms with van der Waals surface area (Å²) in [6, 6.07) is 7.10. The largest absolute Gasteiger partial charge is 0.347 e. The quantitative estimate of drug-likeness (QED) is 0.705. The molecule has 1 amide bonds. The number of halogens is 2. The van der Waals surface area contributed by atoms with Crippen molar-refractivity contribution in [2.75, 3.05) is 12.0 Å². The van der Waals surface area contributed by atoms with Crippen LogP contribution in [0.4, 0.5) is 5.69 Å². The first-order valence-electron chi connectivity index (χ1n) is 7.13. The highest BCUT2D eigenvalue weighted by Crippen LogP contribution is 2.32. The molecule has 1 atom stereocenters. The summed E-state index contributed by atoms with van der Waals surface area (Å²) in [6.45, 7) is 2.56. The summed E-state index contributed by atoms with van der Waals surface area (Å²) >= 11 is 12.0. The van der Waals surface area contributed by atoms with Gasteiger partial charge in [-0.3, -0.25) is 15.2 Å². The zero-order chi connectivity index (χ0) is 16.1. The number of pyridine rings is 1. The fraction of sp³-hybridized carbons (Fsp3) is 0.200. The van der Waals surface area contributed by atoms with Gasteiger partial charge in [-0.05, 0) is 18.2 Å². The van der Waals surface area contributed by atoms with Crippen LogP contribution < -0.4 is 5.43 Å². The van der Waals surface area contributed by atoms with E-state index in [0.29, 0.717) is 22.4 Å². The Morgan fingerprint density at radius 1 is 1.35 bits per heavy atom. The third-order valence-corrected chi connectivity index (χ3v) is 4.33. The Morgan fingerprint density at radius 3 is 3.00 bits per heavy atom. The van der Waals surface area contributed by atoms with Crippen LogP contribution in [-0.2, 0) is 0 Å². The molecule has 0 saturated carbocycles. The number of anilines is 1. The minimum absolute atomic E-state index is 0.147.